The Labute approximate surface area is 137 Å². The van der Waals surface area contributed by atoms with Crippen molar-refractivity contribution in [1.82, 2.24) is 4.31 Å². The largest absolute Gasteiger partial charge is 0.508 e. The zero-order chi connectivity index (χ0) is 15.6. The van der Waals surface area contributed by atoms with Crippen molar-refractivity contribution in [2.75, 3.05) is 7.05 Å². The van der Waals surface area contributed by atoms with Gasteiger partial charge in [0.05, 0.1) is 9.92 Å². The molecule has 0 aliphatic rings. The van der Waals surface area contributed by atoms with Crippen LogP contribution in [-0.2, 0) is 16.6 Å². The van der Waals surface area contributed by atoms with Crippen LogP contribution >= 0.6 is 27.5 Å². The molecule has 2 rings (SSSR count). The Bertz CT molecular complexity index is 765. The standard InChI is InChI=1S/C14H13BrClNO3S/c1-17(9-10-4-2-3-5-14(10)18)21(19,20)11-6-7-13(16)12(15)8-11/h2-8,18H,9H2,1H3. The first kappa shape index (κ1) is 16.3. The summed E-state index contributed by atoms with van der Waals surface area (Å²) in [6.45, 7) is 0.0786. The van der Waals surface area contributed by atoms with Gasteiger partial charge in [-0.25, -0.2) is 8.42 Å². The number of hydrogen-bond donors (Lipinski definition) is 1. The maximum absolute atomic E-state index is 12.5. The maximum atomic E-state index is 12.5. The van der Waals surface area contributed by atoms with Crippen LogP contribution in [0, 0.1) is 0 Å². The Morgan fingerprint density at radius 2 is 1.90 bits per heavy atom. The molecule has 0 saturated heterocycles. The minimum atomic E-state index is -3.66. The van der Waals surface area contributed by atoms with E-state index in [1.165, 1.54) is 35.6 Å². The molecule has 0 heterocycles. The molecule has 4 nitrogen and oxygen atoms in total. The van der Waals surface area contributed by atoms with Crippen molar-refractivity contribution in [2.45, 2.75) is 11.4 Å². The van der Waals surface area contributed by atoms with E-state index in [-0.39, 0.29) is 17.2 Å². The summed E-state index contributed by atoms with van der Waals surface area (Å²) in [6.07, 6.45) is 0. The second kappa shape index (κ2) is 6.36. The summed E-state index contributed by atoms with van der Waals surface area (Å²) in [4.78, 5) is 0.136. The van der Waals surface area contributed by atoms with E-state index in [0.29, 0.717) is 15.1 Å². The van der Waals surface area contributed by atoms with Gasteiger partial charge < -0.3 is 5.11 Å². The van der Waals surface area contributed by atoms with E-state index in [4.69, 9.17) is 11.6 Å². The zero-order valence-corrected chi connectivity index (χ0v) is 14.3. The molecule has 0 saturated carbocycles. The normalized spacial score (nSPS) is 11.8. The topological polar surface area (TPSA) is 57.6 Å². The van der Waals surface area contributed by atoms with E-state index in [1.54, 1.807) is 18.2 Å². The van der Waals surface area contributed by atoms with Gasteiger partial charge in [-0.2, -0.15) is 4.31 Å². The molecule has 2 aromatic rings. The molecule has 112 valence electrons. The number of nitrogens with zero attached hydrogens (tertiary/aromatic N) is 1. The third-order valence-corrected chi connectivity index (χ3v) is 6.00. The van der Waals surface area contributed by atoms with Gasteiger partial charge in [0.25, 0.3) is 0 Å². The van der Waals surface area contributed by atoms with Gasteiger partial charge in [0.2, 0.25) is 10.0 Å². The number of benzene rings is 2. The zero-order valence-electron chi connectivity index (χ0n) is 11.1. The van der Waals surface area contributed by atoms with Crippen LogP contribution in [0.25, 0.3) is 0 Å². The molecule has 0 fully saturated rings. The first-order valence-corrected chi connectivity index (χ1v) is 8.62. The number of rotatable bonds is 4. The highest BCUT2D eigenvalue weighted by atomic mass is 79.9. The SMILES string of the molecule is CN(Cc1ccccc1O)S(=O)(=O)c1ccc(Cl)c(Br)c1. The summed E-state index contributed by atoms with van der Waals surface area (Å²) in [7, 11) is -2.20. The molecule has 1 N–H and O–H groups in total. The molecule has 0 radical (unpaired) electrons. The average Bonchev–Trinajstić information content (AvgIpc) is 2.44. The van der Waals surface area contributed by atoms with Gasteiger partial charge in [-0.05, 0) is 40.2 Å². The molecule has 21 heavy (non-hydrogen) atoms. The van der Waals surface area contributed by atoms with Gasteiger partial charge >= 0.3 is 0 Å². The number of phenolic OH excluding ortho intramolecular Hbond substituents is 1. The van der Waals surface area contributed by atoms with Crippen LogP contribution < -0.4 is 0 Å². The summed E-state index contributed by atoms with van der Waals surface area (Å²) in [6, 6.07) is 11.1. The third-order valence-electron chi connectivity index (χ3n) is 2.98. The quantitative estimate of drug-likeness (QED) is 0.867. The molecule has 0 aliphatic heterocycles. The molecule has 0 amide bonds. The van der Waals surface area contributed by atoms with Crippen molar-refractivity contribution in [3.63, 3.8) is 0 Å². The Morgan fingerprint density at radius 3 is 2.52 bits per heavy atom. The first-order chi connectivity index (χ1) is 9.82. The second-order valence-electron chi connectivity index (χ2n) is 4.47. The fourth-order valence-electron chi connectivity index (χ4n) is 1.79. The van der Waals surface area contributed by atoms with Crippen LogP contribution in [0.5, 0.6) is 5.75 Å². The summed E-state index contributed by atoms with van der Waals surface area (Å²) in [5.41, 5.74) is 0.539. The van der Waals surface area contributed by atoms with Crippen LogP contribution in [0.3, 0.4) is 0 Å². The van der Waals surface area contributed by atoms with Crippen molar-refractivity contribution in [3.8, 4) is 5.75 Å². The lowest BCUT2D eigenvalue weighted by Crippen LogP contribution is -2.26. The summed E-state index contributed by atoms with van der Waals surface area (Å²) in [5.74, 6) is 0.0665. The molecule has 0 unspecified atom stereocenters. The van der Waals surface area contributed by atoms with E-state index >= 15 is 0 Å². The monoisotopic (exact) mass is 389 g/mol. The highest BCUT2D eigenvalue weighted by molar-refractivity contribution is 9.10. The highest BCUT2D eigenvalue weighted by Gasteiger charge is 2.22. The predicted molar refractivity (Wildman–Crippen MR) is 85.9 cm³/mol. The molecule has 0 atom stereocenters. The van der Waals surface area contributed by atoms with Crippen molar-refractivity contribution in [3.05, 3.63) is 57.5 Å². The van der Waals surface area contributed by atoms with E-state index in [2.05, 4.69) is 15.9 Å². The van der Waals surface area contributed by atoms with Crippen LogP contribution in [0.15, 0.2) is 51.8 Å². The van der Waals surface area contributed by atoms with Crippen LogP contribution in [0.4, 0.5) is 0 Å². The van der Waals surface area contributed by atoms with Gasteiger partial charge in [0, 0.05) is 23.6 Å². The van der Waals surface area contributed by atoms with E-state index in [0.717, 1.165) is 0 Å². The van der Waals surface area contributed by atoms with E-state index in [9.17, 15) is 13.5 Å². The Morgan fingerprint density at radius 1 is 1.24 bits per heavy atom. The minimum absolute atomic E-state index is 0.0665. The number of phenols is 1. The summed E-state index contributed by atoms with van der Waals surface area (Å²) < 4.78 is 26.7. The number of halogens is 2. The van der Waals surface area contributed by atoms with Gasteiger partial charge in [-0.1, -0.05) is 29.8 Å². The molecule has 0 spiro atoms. The Hall–Kier alpha value is -1.08. The van der Waals surface area contributed by atoms with E-state index < -0.39 is 10.0 Å². The van der Waals surface area contributed by atoms with Crippen molar-refractivity contribution < 1.29 is 13.5 Å². The Kier molecular flexibility index (Phi) is 4.93. The van der Waals surface area contributed by atoms with Crippen LogP contribution in [-0.4, -0.2) is 24.9 Å². The summed E-state index contributed by atoms with van der Waals surface area (Å²) >= 11 is 9.08. The first-order valence-electron chi connectivity index (χ1n) is 6.00. The number of sulfonamides is 1. The van der Waals surface area contributed by atoms with Crippen LogP contribution in [0.1, 0.15) is 5.56 Å². The number of aromatic hydroxyl groups is 1. The molecule has 0 aromatic heterocycles. The predicted octanol–water partition coefficient (Wildman–Crippen LogP) is 3.63. The highest BCUT2D eigenvalue weighted by Crippen LogP contribution is 2.27. The molecule has 2 aromatic carbocycles. The third kappa shape index (κ3) is 3.58. The van der Waals surface area contributed by atoms with Gasteiger partial charge in [-0.15, -0.1) is 0 Å². The molecule has 7 heteroatoms. The molecule has 0 aliphatic carbocycles. The number of para-hydroxylation sites is 1. The minimum Gasteiger partial charge on any atom is -0.508 e. The van der Waals surface area contributed by atoms with Crippen LogP contribution in [0.2, 0.25) is 5.02 Å². The van der Waals surface area contributed by atoms with Gasteiger partial charge in [-0.3, -0.25) is 0 Å². The molecular weight excluding hydrogens is 378 g/mol. The molecular formula is C14H13BrClNO3S. The smallest absolute Gasteiger partial charge is 0.243 e. The second-order valence-corrected chi connectivity index (χ2v) is 7.77. The van der Waals surface area contributed by atoms with Crippen molar-refractivity contribution in [2.24, 2.45) is 0 Å². The fourth-order valence-corrected chi connectivity index (χ4v) is 3.61. The lowest BCUT2D eigenvalue weighted by atomic mass is 10.2. The average molecular weight is 391 g/mol. The van der Waals surface area contributed by atoms with Gasteiger partial charge in [0.1, 0.15) is 5.75 Å². The lowest BCUT2D eigenvalue weighted by Gasteiger charge is -2.18. The number of hydrogen-bond acceptors (Lipinski definition) is 3. The van der Waals surface area contributed by atoms with Gasteiger partial charge in [0.15, 0.2) is 0 Å². The van der Waals surface area contributed by atoms with Crippen molar-refractivity contribution in [1.29, 1.82) is 0 Å². The molecule has 0 bridgehead atoms. The van der Waals surface area contributed by atoms with E-state index in [1.807, 2.05) is 0 Å². The maximum Gasteiger partial charge on any atom is 0.243 e. The lowest BCUT2D eigenvalue weighted by molar-refractivity contribution is 0.436. The fraction of sp³-hybridized carbons (Fsp3) is 0.143. The van der Waals surface area contributed by atoms with Crippen molar-refractivity contribution >= 4 is 37.6 Å². The Balaban J connectivity index is 2.30. The summed E-state index contributed by atoms with van der Waals surface area (Å²) in [5, 5.41) is 10.2.